The monoisotopic (exact) mass is 420 g/mol. The molecule has 3 N–H and O–H groups in total. The summed E-state index contributed by atoms with van der Waals surface area (Å²) >= 11 is 0. The molecule has 0 aromatic heterocycles. The van der Waals surface area contributed by atoms with Gasteiger partial charge in [0.15, 0.2) is 5.96 Å². The van der Waals surface area contributed by atoms with E-state index in [1.165, 1.54) is 5.56 Å². The van der Waals surface area contributed by atoms with Crippen molar-refractivity contribution < 1.29 is 9.53 Å². The lowest BCUT2D eigenvalue weighted by Gasteiger charge is -2.12. The van der Waals surface area contributed by atoms with Gasteiger partial charge in [-0.2, -0.15) is 0 Å². The summed E-state index contributed by atoms with van der Waals surface area (Å²) in [6, 6.07) is 7.83. The van der Waals surface area contributed by atoms with Crippen molar-refractivity contribution in [2.24, 2.45) is 4.99 Å². The number of nitrogens with zero attached hydrogens (tertiary/aromatic N) is 1. The standard InChI is InChI=1S/C15H24N4O2.HI/c1-4-12-6-5-7-13(10-12)19-14(20)11-18-15(16-2)17-8-9-21-3;/h5-7,10H,4,8-9,11H2,1-3H3,(H,19,20)(H2,16,17,18);1H. The molecular weight excluding hydrogens is 395 g/mol. The number of anilines is 1. The number of benzene rings is 1. The van der Waals surface area contributed by atoms with Crippen LogP contribution in [0.4, 0.5) is 5.69 Å². The molecule has 0 aliphatic heterocycles. The van der Waals surface area contributed by atoms with Gasteiger partial charge in [0.2, 0.25) is 5.91 Å². The predicted molar refractivity (Wildman–Crippen MR) is 101 cm³/mol. The lowest BCUT2D eigenvalue weighted by atomic mass is 10.1. The molecule has 0 aliphatic carbocycles. The molecule has 0 heterocycles. The molecule has 1 aromatic carbocycles. The fourth-order valence-electron chi connectivity index (χ4n) is 1.73. The van der Waals surface area contributed by atoms with Gasteiger partial charge in [0, 0.05) is 26.4 Å². The maximum absolute atomic E-state index is 11.9. The zero-order chi connectivity index (χ0) is 15.5. The van der Waals surface area contributed by atoms with Gasteiger partial charge in [0.1, 0.15) is 0 Å². The Hall–Kier alpha value is -1.35. The summed E-state index contributed by atoms with van der Waals surface area (Å²) < 4.78 is 4.94. The highest BCUT2D eigenvalue weighted by Crippen LogP contribution is 2.10. The van der Waals surface area contributed by atoms with Gasteiger partial charge < -0.3 is 20.7 Å². The summed E-state index contributed by atoms with van der Waals surface area (Å²) in [5.74, 6) is 0.461. The molecule has 0 aliphatic rings. The first kappa shape index (κ1) is 20.6. The van der Waals surface area contributed by atoms with Gasteiger partial charge in [-0.05, 0) is 24.1 Å². The third-order valence-corrected chi connectivity index (χ3v) is 2.86. The van der Waals surface area contributed by atoms with Crippen LogP contribution in [0.25, 0.3) is 0 Å². The van der Waals surface area contributed by atoms with Crippen LogP contribution in [0.3, 0.4) is 0 Å². The minimum Gasteiger partial charge on any atom is -0.383 e. The van der Waals surface area contributed by atoms with Crippen LogP contribution in [-0.4, -0.2) is 45.7 Å². The summed E-state index contributed by atoms with van der Waals surface area (Å²) in [6.45, 7) is 3.45. The van der Waals surface area contributed by atoms with E-state index in [2.05, 4.69) is 27.9 Å². The van der Waals surface area contributed by atoms with Crippen LogP contribution in [0, 0.1) is 0 Å². The first-order valence-electron chi connectivity index (χ1n) is 7.01. The molecule has 7 heteroatoms. The van der Waals surface area contributed by atoms with Gasteiger partial charge in [-0.25, -0.2) is 0 Å². The summed E-state index contributed by atoms with van der Waals surface area (Å²) in [4.78, 5) is 15.9. The fraction of sp³-hybridized carbons (Fsp3) is 0.467. The molecule has 0 unspecified atom stereocenters. The minimum atomic E-state index is -0.113. The van der Waals surface area contributed by atoms with Crippen LogP contribution >= 0.6 is 24.0 Å². The van der Waals surface area contributed by atoms with Crippen LogP contribution in [0.5, 0.6) is 0 Å². The largest absolute Gasteiger partial charge is 0.383 e. The topological polar surface area (TPSA) is 74.8 Å². The highest BCUT2D eigenvalue weighted by atomic mass is 127. The highest BCUT2D eigenvalue weighted by Gasteiger charge is 2.04. The molecule has 6 nitrogen and oxygen atoms in total. The zero-order valence-corrected chi connectivity index (χ0v) is 15.6. The SMILES string of the molecule is CCc1cccc(NC(=O)CNC(=NC)NCCOC)c1.I. The van der Waals surface area contributed by atoms with Gasteiger partial charge in [-0.1, -0.05) is 19.1 Å². The van der Waals surface area contributed by atoms with Crippen LogP contribution in [-0.2, 0) is 16.0 Å². The number of nitrogens with one attached hydrogen (secondary N) is 3. The smallest absolute Gasteiger partial charge is 0.243 e. The third kappa shape index (κ3) is 8.18. The minimum absolute atomic E-state index is 0. The van der Waals surface area contributed by atoms with E-state index < -0.39 is 0 Å². The van der Waals surface area contributed by atoms with Gasteiger partial charge >= 0.3 is 0 Å². The highest BCUT2D eigenvalue weighted by molar-refractivity contribution is 14.0. The number of carbonyl (C=O) groups excluding carboxylic acids is 1. The van der Waals surface area contributed by atoms with E-state index in [0.29, 0.717) is 19.1 Å². The fourth-order valence-corrected chi connectivity index (χ4v) is 1.73. The van der Waals surface area contributed by atoms with Gasteiger partial charge in [-0.3, -0.25) is 9.79 Å². The number of halogens is 1. The second kappa shape index (κ2) is 12.2. The Morgan fingerprint density at radius 1 is 1.32 bits per heavy atom. The Kier molecular flexibility index (Phi) is 11.5. The van der Waals surface area contributed by atoms with Crippen molar-refractivity contribution in [2.45, 2.75) is 13.3 Å². The molecule has 124 valence electrons. The number of rotatable bonds is 7. The normalized spacial score (nSPS) is 10.6. The summed E-state index contributed by atoms with van der Waals surface area (Å²) in [6.07, 6.45) is 0.942. The van der Waals surface area contributed by atoms with Crippen molar-refractivity contribution in [3.63, 3.8) is 0 Å². The van der Waals surface area contributed by atoms with Crippen LogP contribution in [0.2, 0.25) is 0 Å². The van der Waals surface area contributed by atoms with Crippen LogP contribution in [0.15, 0.2) is 29.3 Å². The molecule has 0 atom stereocenters. The Labute approximate surface area is 149 Å². The molecule has 1 rings (SSSR count). The number of methoxy groups -OCH3 is 1. The Balaban J connectivity index is 0.00000441. The molecule has 0 spiro atoms. The van der Waals surface area contributed by atoms with Crippen molar-refractivity contribution in [1.29, 1.82) is 0 Å². The van der Waals surface area contributed by atoms with Gasteiger partial charge in [0.05, 0.1) is 13.2 Å². The molecule has 1 amide bonds. The maximum atomic E-state index is 11.9. The zero-order valence-electron chi connectivity index (χ0n) is 13.3. The number of hydrogen-bond acceptors (Lipinski definition) is 3. The molecular formula is C15H25IN4O2. The van der Waals surface area contributed by atoms with Gasteiger partial charge in [-0.15, -0.1) is 24.0 Å². The first-order chi connectivity index (χ1) is 10.2. The number of aryl methyl sites for hydroxylation is 1. The second-order valence-corrected chi connectivity index (χ2v) is 4.45. The quantitative estimate of drug-likeness (QED) is 0.271. The molecule has 0 fully saturated rings. The lowest BCUT2D eigenvalue weighted by Crippen LogP contribution is -2.42. The van der Waals surface area contributed by atoms with Crippen molar-refractivity contribution in [3.05, 3.63) is 29.8 Å². The van der Waals surface area contributed by atoms with Crippen LogP contribution in [0.1, 0.15) is 12.5 Å². The number of aliphatic imine (C=N–C) groups is 1. The van der Waals surface area contributed by atoms with Gasteiger partial charge in [0.25, 0.3) is 0 Å². The predicted octanol–water partition coefficient (Wildman–Crippen LogP) is 1.62. The number of amides is 1. The van der Waals surface area contributed by atoms with E-state index >= 15 is 0 Å². The van der Waals surface area contributed by atoms with E-state index in [1.807, 2.05) is 24.3 Å². The van der Waals surface area contributed by atoms with E-state index in [9.17, 15) is 4.79 Å². The molecule has 0 saturated carbocycles. The van der Waals surface area contributed by atoms with E-state index in [1.54, 1.807) is 14.2 Å². The van der Waals surface area contributed by atoms with Crippen molar-refractivity contribution in [1.82, 2.24) is 10.6 Å². The molecule has 0 saturated heterocycles. The van der Waals surface area contributed by atoms with Crippen molar-refractivity contribution >= 4 is 41.5 Å². The average molecular weight is 420 g/mol. The number of hydrogen-bond donors (Lipinski definition) is 3. The molecule has 0 bridgehead atoms. The Morgan fingerprint density at radius 3 is 2.73 bits per heavy atom. The lowest BCUT2D eigenvalue weighted by molar-refractivity contribution is -0.115. The summed E-state index contributed by atoms with van der Waals surface area (Å²) in [5, 5.41) is 8.84. The molecule has 22 heavy (non-hydrogen) atoms. The molecule has 1 aromatic rings. The Morgan fingerprint density at radius 2 is 2.09 bits per heavy atom. The summed E-state index contributed by atoms with van der Waals surface area (Å²) in [7, 11) is 3.29. The average Bonchev–Trinajstić information content (AvgIpc) is 2.51. The van der Waals surface area contributed by atoms with E-state index in [4.69, 9.17) is 4.74 Å². The molecule has 0 radical (unpaired) electrons. The first-order valence-corrected chi connectivity index (χ1v) is 7.01. The number of ether oxygens (including phenoxy) is 1. The van der Waals surface area contributed by atoms with Crippen LogP contribution < -0.4 is 16.0 Å². The van der Waals surface area contributed by atoms with E-state index in [-0.39, 0.29) is 36.4 Å². The van der Waals surface area contributed by atoms with E-state index in [0.717, 1.165) is 12.1 Å². The maximum Gasteiger partial charge on any atom is 0.243 e. The summed E-state index contributed by atoms with van der Waals surface area (Å²) in [5.41, 5.74) is 2.00. The number of guanidine groups is 1. The number of carbonyl (C=O) groups is 1. The second-order valence-electron chi connectivity index (χ2n) is 4.45. The van der Waals surface area contributed by atoms with Crippen molar-refractivity contribution in [3.8, 4) is 0 Å². The van der Waals surface area contributed by atoms with Crippen molar-refractivity contribution in [2.75, 3.05) is 39.2 Å². The Bertz CT molecular complexity index is 480. The third-order valence-electron chi connectivity index (χ3n) is 2.86.